The fourth-order valence-electron chi connectivity index (χ4n) is 4.64. The molecule has 0 spiro atoms. The monoisotopic (exact) mass is 235 g/mol. The van der Waals surface area contributed by atoms with Crippen LogP contribution < -0.4 is 0 Å². The van der Waals surface area contributed by atoms with Crippen LogP contribution in [0.2, 0.25) is 0 Å². The van der Waals surface area contributed by atoms with Gasteiger partial charge in [-0.25, -0.2) is 0 Å². The van der Waals surface area contributed by atoms with Crippen molar-refractivity contribution in [3.63, 3.8) is 0 Å². The number of piperidine rings is 1. The number of amides is 1. The molecule has 2 aliphatic heterocycles. The Morgan fingerprint density at radius 1 is 0.941 bits per heavy atom. The number of carbonyl (C=O) groups is 1. The van der Waals surface area contributed by atoms with Crippen molar-refractivity contribution in [1.82, 2.24) is 4.90 Å². The Kier molecular flexibility index (Phi) is 2.11. The Morgan fingerprint density at radius 2 is 1.53 bits per heavy atom. The van der Waals surface area contributed by atoms with Crippen molar-refractivity contribution < 1.29 is 9.90 Å². The van der Waals surface area contributed by atoms with Gasteiger partial charge in [-0.05, 0) is 56.8 Å². The molecule has 2 bridgehead atoms. The highest BCUT2D eigenvalue weighted by Crippen LogP contribution is 2.55. The van der Waals surface area contributed by atoms with Crippen molar-refractivity contribution in [3.05, 3.63) is 0 Å². The van der Waals surface area contributed by atoms with Crippen LogP contribution in [-0.2, 0) is 4.79 Å². The largest absolute Gasteiger partial charge is 0.393 e. The lowest BCUT2D eigenvalue weighted by atomic mass is 9.95. The average Bonchev–Trinajstić information content (AvgIpc) is 2.81. The molecule has 0 radical (unpaired) electrons. The summed E-state index contributed by atoms with van der Waals surface area (Å²) in [6, 6.07) is 0.710. The second-order valence-corrected chi connectivity index (χ2v) is 6.68. The van der Waals surface area contributed by atoms with Gasteiger partial charge in [0.25, 0.3) is 0 Å². The molecule has 17 heavy (non-hydrogen) atoms. The van der Waals surface area contributed by atoms with Gasteiger partial charge in [0.2, 0.25) is 5.91 Å². The fraction of sp³-hybridized carbons (Fsp3) is 0.929. The zero-order valence-electron chi connectivity index (χ0n) is 10.2. The van der Waals surface area contributed by atoms with Crippen LogP contribution in [0.1, 0.15) is 44.9 Å². The predicted octanol–water partition coefficient (Wildman–Crippen LogP) is 1.55. The van der Waals surface area contributed by atoms with E-state index in [9.17, 15) is 9.90 Å². The Bertz CT molecular complexity index is 332. The number of hydrogen-bond acceptors (Lipinski definition) is 2. The topological polar surface area (TPSA) is 40.5 Å². The highest BCUT2D eigenvalue weighted by atomic mass is 16.3. The van der Waals surface area contributed by atoms with Crippen molar-refractivity contribution >= 4 is 5.91 Å². The molecule has 4 fully saturated rings. The van der Waals surface area contributed by atoms with Crippen molar-refractivity contribution in [3.8, 4) is 0 Å². The molecular weight excluding hydrogens is 214 g/mol. The molecule has 2 aliphatic carbocycles. The van der Waals surface area contributed by atoms with Crippen LogP contribution in [0.4, 0.5) is 0 Å². The zero-order valence-corrected chi connectivity index (χ0v) is 10.2. The van der Waals surface area contributed by atoms with Gasteiger partial charge in [0, 0.05) is 18.0 Å². The lowest BCUT2D eigenvalue weighted by Gasteiger charge is -2.38. The number of fused-ring (bicyclic) bond motifs is 3. The molecule has 3 nitrogen and oxygen atoms in total. The highest BCUT2D eigenvalue weighted by Gasteiger charge is 2.51. The van der Waals surface area contributed by atoms with E-state index < -0.39 is 0 Å². The summed E-state index contributed by atoms with van der Waals surface area (Å²) in [6.45, 7) is 0. The Balaban J connectivity index is 1.49. The van der Waals surface area contributed by atoms with Crippen LogP contribution in [0.15, 0.2) is 0 Å². The molecule has 4 atom stereocenters. The molecule has 1 N–H and O–H groups in total. The van der Waals surface area contributed by atoms with Crippen LogP contribution in [0, 0.1) is 17.8 Å². The first kappa shape index (κ1) is 10.4. The standard InChI is InChI=1S/C14H21NO2/c16-13-6-11-1-2-12(7-13)15(11)14(17)10-4-8-3-9(8)5-10/h8-13,16H,1-7H2. The first-order chi connectivity index (χ1) is 8.22. The molecular formula is C14H21NO2. The van der Waals surface area contributed by atoms with E-state index in [1.807, 2.05) is 0 Å². The molecule has 3 heteroatoms. The van der Waals surface area contributed by atoms with E-state index in [1.165, 1.54) is 6.42 Å². The normalized spacial score (nSPS) is 51.5. The van der Waals surface area contributed by atoms with Gasteiger partial charge in [0.1, 0.15) is 0 Å². The third-order valence-corrected chi connectivity index (χ3v) is 5.56. The molecule has 2 saturated carbocycles. The number of rotatable bonds is 1. The third kappa shape index (κ3) is 1.55. The molecule has 94 valence electrons. The summed E-state index contributed by atoms with van der Waals surface area (Å²) >= 11 is 0. The van der Waals surface area contributed by atoms with Crippen LogP contribution in [0.25, 0.3) is 0 Å². The lowest BCUT2D eigenvalue weighted by molar-refractivity contribution is -0.142. The van der Waals surface area contributed by atoms with E-state index in [1.54, 1.807) is 0 Å². The molecule has 4 aliphatic rings. The minimum absolute atomic E-state index is 0.159. The van der Waals surface area contributed by atoms with E-state index in [2.05, 4.69) is 4.90 Å². The smallest absolute Gasteiger partial charge is 0.226 e. The molecule has 4 rings (SSSR count). The zero-order chi connectivity index (χ0) is 11.6. The van der Waals surface area contributed by atoms with Crippen molar-refractivity contribution in [2.45, 2.75) is 63.1 Å². The quantitative estimate of drug-likeness (QED) is 0.749. The highest BCUT2D eigenvalue weighted by molar-refractivity contribution is 5.80. The predicted molar refractivity (Wildman–Crippen MR) is 63.2 cm³/mol. The van der Waals surface area contributed by atoms with Gasteiger partial charge in [0.05, 0.1) is 6.10 Å². The summed E-state index contributed by atoms with van der Waals surface area (Å²) in [7, 11) is 0. The van der Waals surface area contributed by atoms with Crippen LogP contribution in [0.5, 0.6) is 0 Å². The summed E-state index contributed by atoms with van der Waals surface area (Å²) in [4.78, 5) is 14.7. The van der Waals surface area contributed by atoms with E-state index in [0.717, 1.165) is 50.4 Å². The number of nitrogens with zero attached hydrogens (tertiary/aromatic N) is 1. The Labute approximate surface area is 102 Å². The Hall–Kier alpha value is -0.570. The molecule has 2 saturated heterocycles. The van der Waals surface area contributed by atoms with Gasteiger partial charge in [-0.1, -0.05) is 0 Å². The van der Waals surface area contributed by atoms with E-state index in [4.69, 9.17) is 0 Å². The number of aliphatic hydroxyl groups is 1. The van der Waals surface area contributed by atoms with E-state index in [-0.39, 0.29) is 6.10 Å². The third-order valence-electron chi connectivity index (χ3n) is 5.56. The van der Waals surface area contributed by atoms with Gasteiger partial charge in [-0.15, -0.1) is 0 Å². The van der Waals surface area contributed by atoms with Gasteiger partial charge in [-0.3, -0.25) is 4.79 Å². The number of aliphatic hydroxyl groups excluding tert-OH is 1. The van der Waals surface area contributed by atoms with Gasteiger partial charge < -0.3 is 10.0 Å². The maximum atomic E-state index is 12.6. The first-order valence-corrected chi connectivity index (χ1v) is 7.22. The van der Waals surface area contributed by atoms with Gasteiger partial charge in [-0.2, -0.15) is 0 Å². The lowest BCUT2D eigenvalue weighted by Crippen LogP contribution is -2.50. The summed E-state index contributed by atoms with van der Waals surface area (Å²) < 4.78 is 0. The summed E-state index contributed by atoms with van der Waals surface area (Å²) in [6.07, 6.45) is 7.41. The summed E-state index contributed by atoms with van der Waals surface area (Å²) in [5.41, 5.74) is 0. The van der Waals surface area contributed by atoms with E-state index >= 15 is 0 Å². The molecule has 4 unspecified atom stereocenters. The van der Waals surface area contributed by atoms with Gasteiger partial charge >= 0.3 is 0 Å². The minimum atomic E-state index is -0.159. The summed E-state index contributed by atoms with van der Waals surface area (Å²) in [5.74, 6) is 2.53. The maximum Gasteiger partial charge on any atom is 0.226 e. The fourth-order valence-corrected chi connectivity index (χ4v) is 4.64. The maximum absolute atomic E-state index is 12.6. The molecule has 0 aromatic carbocycles. The SMILES string of the molecule is O=C(C1CC2CC2C1)N1C2CCC1CC(O)C2. The first-order valence-electron chi connectivity index (χ1n) is 7.22. The minimum Gasteiger partial charge on any atom is -0.393 e. The van der Waals surface area contributed by atoms with Crippen molar-refractivity contribution in [2.75, 3.05) is 0 Å². The Morgan fingerprint density at radius 3 is 2.12 bits per heavy atom. The van der Waals surface area contributed by atoms with Crippen LogP contribution in [-0.4, -0.2) is 34.1 Å². The molecule has 1 amide bonds. The molecule has 2 heterocycles. The van der Waals surface area contributed by atoms with Crippen LogP contribution in [0.3, 0.4) is 0 Å². The van der Waals surface area contributed by atoms with Crippen molar-refractivity contribution in [1.29, 1.82) is 0 Å². The molecule has 0 aromatic heterocycles. The average molecular weight is 235 g/mol. The number of hydrogen-bond donors (Lipinski definition) is 1. The van der Waals surface area contributed by atoms with E-state index in [0.29, 0.717) is 23.9 Å². The number of carbonyl (C=O) groups excluding carboxylic acids is 1. The van der Waals surface area contributed by atoms with Crippen LogP contribution >= 0.6 is 0 Å². The van der Waals surface area contributed by atoms with Gasteiger partial charge in [0.15, 0.2) is 0 Å². The second kappa shape index (κ2) is 3.47. The van der Waals surface area contributed by atoms with Crippen molar-refractivity contribution in [2.24, 2.45) is 17.8 Å². The second-order valence-electron chi connectivity index (χ2n) is 6.68. The molecule has 0 aromatic rings. The summed E-state index contributed by atoms with van der Waals surface area (Å²) in [5, 5.41) is 9.77.